The quantitative estimate of drug-likeness (QED) is 0.800. The Hall–Kier alpha value is -2.44. The maximum atomic E-state index is 12.1. The molecule has 3 rings (SSSR count). The average Bonchev–Trinajstić information content (AvgIpc) is 2.59. The van der Waals surface area contributed by atoms with Gasteiger partial charge >= 0.3 is 0 Å². The fraction of sp³-hybridized carbons (Fsp3) is 0.125. The Balaban J connectivity index is 1.61. The van der Waals surface area contributed by atoms with E-state index in [1.165, 1.54) is 12.1 Å². The van der Waals surface area contributed by atoms with Crippen molar-refractivity contribution >= 4 is 35.0 Å². The molecule has 1 unspecified atom stereocenters. The molecule has 2 N–H and O–H groups in total. The van der Waals surface area contributed by atoms with Crippen LogP contribution < -0.4 is 20.3 Å². The summed E-state index contributed by atoms with van der Waals surface area (Å²) in [5.74, 6) is -0.157. The molecule has 0 spiro atoms. The van der Waals surface area contributed by atoms with E-state index in [9.17, 15) is 9.59 Å². The molecule has 0 radical (unpaired) electrons. The maximum Gasteiger partial charge on any atom is 0.283 e. The number of carbonyl (C=O) groups excluding carboxylic acids is 2. The minimum Gasteiger partial charge on any atom is -0.485 e. The highest BCUT2D eigenvalue weighted by Crippen LogP contribution is 2.30. The van der Waals surface area contributed by atoms with E-state index < -0.39 is 17.9 Å². The van der Waals surface area contributed by atoms with Crippen molar-refractivity contribution in [3.05, 3.63) is 58.1 Å². The molecule has 0 fully saturated rings. The molecule has 24 heavy (non-hydrogen) atoms. The highest BCUT2D eigenvalue weighted by molar-refractivity contribution is 6.39. The number of rotatable bonds is 2. The van der Waals surface area contributed by atoms with Crippen LogP contribution in [0.5, 0.6) is 11.5 Å². The second kappa shape index (κ2) is 6.98. The number of fused-ring (bicyclic) bond motifs is 1. The van der Waals surface area contributed by atoms with Crippen LogP contribution in [0.25, 0.3) is 0 Å². The Bertz CT molecular complexity index is 777. The summed E-state index contributed by atoms with van der Waals surface area (Å²) in [6.07, 6.45) is -0.887. The zero-order chi connectivity index (χ0) is 17.1. The molecule has 1 atom stereocenters. The standard InChI is InChI=1S/C16H12Cl2N2O4/c17-9-4-3-5-10(18)14(9)16(22)20-19-15(21)13-8-23-11-6-1-2-7-12(11)24-13/h1-7,13H,8H2,(H,19,21)(H,20,22). The summed E-state index contributed by atoms with van der Waals surface area (Å²) in [7, 11) is 0. The number of hydrogen-bond donors (Lipinski definition) is 2. The molecule has 0 aromatic heterocycles. The zero-order valence-electron chi connectivity index (χ0n) is 12.2. The molecule has 1 heterocycles. The van der Waals surface area contributed by atoms with Crippen molar-refractivity contribution in [3.8, 4) is 11.5 Å². The number of amides is 2. The van der Waals surface area contributed by atoms with E-state index in [0.717, 1.165) is 0 Å². The minimum absolute atomic E-state index is 0.0333. The monoisotopic (exact) mass is 366 g/mol. The van der Waals surface area contributed by atoms with Crippen molar-refractivity contribution in [3.63, 3.8) is 0 Å². The van der Waals surface area contributed by atoms with Crippen LogP contribution in [0, 0.1) is 0 Å². The van der Waals surface area contributed by atoms with Gasteiger partial charge in [-0.2, -0.15) is 0 Å². The summed E-state index contributed by atoms with van der Waals surface area (Å²) in [5.41, 5.74) is 4.61. The van der Waals surface area contributed by atoms with Crippen LogP contribution in [0.3, 0.4) is 0 Å². The highest BCUT2D eigenvalue weighted by atomic mass is 35.5. The van der Waals surface area contributed by atoms with Crippen LogP contribution in [0.15, 0.2) is 42.5 Å². The molecule has 2 aromatic carbocycles. The van der Waals surface area contributed by atoms with Gasteiger partial charge in [0.25, 0.3) is 11.8 Å². The van der Waals surface area contributed by atoms with E-state index in [2.05, 4.69) is 10.9 Å². The van der Waals surface area contributed by atoms with E-state index in [1.807, 2.05) is 0 Å². The molecule has 1 aliphatic heterocycles. The van der Waals surface area contributed by atoms with E-state index in [-0.39, 0.29) is 22.2 Å². The van der Waals surface area contributed by atoms with Crippen LogP contribution in [-0.2, 0) is 4.79 Å². The summed E-state index contributed by atoms with van der Waals surface area (Å²) in [6, 6.07) is 11.7. The number of nitrogens with one attached hydrogen (secondary N) is 2. The van der Waals surface area contributed by atoms with E-state index >= 15 is 0 Å². The Morgan fingerprint density at radius 1 is 0.958 bits per heavy atom. The zero-order valence-corrected chi connectivity index (χ0v) is 13.7. The first-order valence-corrected chi connectivity index (χ1v) is 7.74. The fourth-order valence-corrected chi connectivity index (χ4v) is 2.69. The van der Waals surface area contributed by atoms with Gasteiger partial charge in [-0.3, -0.25) is 20.4 Å². The molecule has 0 saturated carbocycles. The molecule has 124 valence electrons. The third kappa shape index (κ3) is 3.39. The van der Waals surface area contributed by atoms with Gasteiger partial charge in [-0.15, -0.1) is 0 Å². The van der Waals surface area contributed by atoms with Crippen molar-refractivity contribution in [1.29, 1.82) is 0 Å². The molecule has 2 amide bonds. The minimum atomic E-state index is -0.887. The highest BCUT2D eigenvalue weighted by Gasteiger charge is 2.27. The van der Waals surface area contributed by atoms with Crippen molar-refractivity contribution < 1.29 is 19.1 Å². The van der Waals surface area contributed by atoms with Gasteiger partial charge in [-0.05, 0) is 24.3 Å². The normalized spacial score (nSPS) is 15.5. The predicted octanol–water partition coefficient (Wildman–Crippen LogP) is 2.59. The molecular formula is C16H12Cl2N2O4. The number of benzene rings is 2. The van der Waals surface area contributed by atoms with Gasteiger partial charge in [-0.25, -0.2) is 0 Å². The van der Waals surface area contributed by atoms with Crippen LogP contribution in [-0.4, -0.2) is 24.5 Å². The third-order valence-electron chi connectivity index (χ3n) is 3.29. The number of para-hydroxylation sites is 2. The van der Waals surface area contributed by atoms with Crippen LogP contribution >= 0.6 is 23.2 Å². The smallest absolute Gasteiger partial charge is 0.283 e. The van der Waals surface area contributed by atoms with Gasteiger partial charge < -0.3 is 9.47 Å². The van der Waals surface area contributed by atoms with Crippen LogP contribution in [0.1, 0.15) is 10.4 Å². The van der Waals surface area contributed by atoms with Crippen molar-refractivity contribution in [2.45, 2.75) is 6.10 Å². The average molecular weight is 367 g/mol. The lowest BCUT2D eigenvalue weighted by molar-refractivity contribution is -0.131. The van der Waals surface area contributed by atoms with E-state index in [4.69, 9.17) is 32.7 Å². The van der Waals surface area contributed by atoms with Crippen molar-refractivity contribution in [2.24, 2.45) is 0 Å². The van der Waals surface area contributed by atoms with Gasteiger partial charge in [0, 0.05) is 0 Å². The summed E-state index contributed by atoms with van der Waals surface area (Å²) in [4.78, 5) is 24.2. The van der Waals surface area contributed by atoms with Crippen molar-refractivity contribution in [1.82, 2.24) is 10.9 Å². The molecule has 0 aliphatic carbocycles. The number of hydrogen-bond acceptors (Lipinski definition) is 4. The van der Waals surface area contributed by atoms with Crippen LogP contribution in [0.4, 0.5) is 0 Å². The second-order valence-electron chi connectivity index (χ2n) is 4.90. The Morgan fingerprint density at radius 2 is 1.62 bits per heavy atom. The maximum absolute atomic E-state index is 12.1. The number of carbonyl (C=O) groups is 2. The van der Waals surface area contributed by atoms with E-state index in [0.29, 0.717) is 11.5 Å². The molecule has 0 saturated heterocycles. The van der Waals surface area contributed by atoms with Gasteiger partial charge in [0.15, 0.2) is 11.5 Å². The first kappa shape index (κ1) is 16.4. The second-order valence-corrected chi connectivity index (χ2v) is 5.72. The van der Waals surface area contributed by atoms with Gasteiger partial charge in [0.2, 0.25) is 6.10 Å². The molecule has 1 aliphatic rings. The molecule has 6 nitrogen and oxygen atoms in total. The lowest BCUT2D eigenvalue weighted by Gasteiger charge is -2.25. The largest absolute Gasteiger partial charge is 0.485 e. The molecule has 0 bridgehead atoms. The predicted molar refractivity (Wildman–Crippen MR) is 88.4 cm³/mol. The fourth-order valence-electron chi connectivity index (χ4n) is 2.12. The molecule has 2 aromatic rings. The molecule has 8 heteroatoms. The lowest BCUT2D eigenvalue weighted by Crippen LogP contribution is -2.50. The lowest BCUT2D eigenvalue weighted by atomic mass is 10.2. The van der Waals surface area contributed by atoms with E-state index in [1.54, 1.807) is 30.3 Å². The van der Waals surface area contributed by atoms with Crippen LogP contribution in [0.2, 0.25) is 10.0 Å². The van der Waals surface area contributed by atoms with Gasteiger partial charge in [0.05, 0.1) is 15.6 Å². The van der Waals surface area contributed by atoms with Crippen molar-refractivity contribution in [2.75, 3.05) is 6.61 Å². The SMILES string of the molecule is O=C(NNC(=O)C1COc2ccccc2O1)c1c(Cl)cccc1Cl. The number of hydrazine groups is 1. The third-order valence-corrected chi connectivity index (χ3v) is 3.92. The molecular weight excluding hydrogens is 355 g/mol. The van der Waals surface area contributed by atoms with Gasteiger partial charge in [0.1, 0.15) is 6.61 Å². The summed E-state index contributed by atoms with van der Waals surface area (Å²) >= 11 is 11.9. The number of ether oxygens (including phenoxy) is 2. The first-order chi connectivity index (χ1) is 11.6. The van der Waals surface area contributed by atoms with Gasteiger partial charge in [-0.1, -0.05) is 41.4 Å². The Labute approximate surface area is 147 Å². The Morgan fingerprint density at radius 3 is 2.33 bits per heavy atom. The summed E-state index contributed by atoms with van der Waals surface area (Å²) in [5, 5.41) is 0.362. The topological polar surface area (TPSA) is 76.7 Å². The summed E-state index contributed by atoms with van der Waals surface area (Å²) < 4.78 is 11.0. The summed E-state index contributed by atoms with van der Waals surface area (Å²) in [6.45, 7) is 0.0333. The first-order valence-electron chi connectivity index (χ1n) is 6.99. The number of halogens is 2. The Kier molecular flexibility index (Phi) is 4.78.